The SMILES string of the molecule is Cc1ccc(-n2nc(N3CCCC(C(=O)Nc4cccc(C)c4C)C3)ccc2=O)cc1Cl. The van der Waals surface area contributed by atoms with Crippen molar-refractivity contribution in [2.45, 2.75) is 33.6 Å². The fourth-order valence-corrected chi connectivity index (χ4v) is 4.16. The summed E-state index contributed by atoms with van der Waals surface area (Å²) in [5.41, 5.74) is 4.42. The number of hydrogen-bond acceptors (Lipinski definition) is 4. The number of carbonyl (C=O) groups is 1. The summed E-state index contributed by atoms with van der Waals surface area (Å²) in [6, 6.07) is 14.6. The van der Waals surface area contributed by atoms with Crippen LogP contribution in [0.5, 0.6) is 0 Å². The monoisotopic (exact) mass is 450 g/mol. The van der Waals surface area contributed by atoms with E-state index in [2.05, 4.69) is 15.3 Å². The summed E-state index contributed by atoms with van der Waals surface area (Å²) in [7, 11) is 0. The first-order chi connectivity index (χ1) is 15.3. The number of halogens is 1. The number of aromatic nitrogens is 2. The molecule has 0 aliphatic carbocycles. The third-order valence-corrected chi connectivity index (χ3v) is 6.57. The number of aryl methyl sites for hydroxylation is 2. The second-order valence-corrected chi connectivity index (χ2v) is 8.80. The number of rotatable bonds is 4. The fraction of sp³-hybridized carbons (Fsp3) is 0.320. The van der Waals surface area contributed by atoms with Crippen molar-refractivity contribution in [3.63, 3.8) is 0 Å². The summed E-state index contributed by atoms with van der Waals surface area (Å²) in [6.07, 6.45) is 1.70. The lowest BCUT2D eigenvalue weighted by atomic mass is 9.96. The average Bonchev–Trinajstić information content (AvgIpc) is 2.79. The average molecular weight is 451 g/mol. The summed E-state index contributed by atoms with van der Waals surface area (Å²) < 4.78 is 1.36. The van der Waals surface area contributed by atoms with E-state index in [1.165, 1.54) is 10.7 Å². The Labute approximate surface area is 192 Å². The van der Waals surface area contributed by atoms with Crippen molar-refractivity contribution in [2.24, 2.45) is 5.92 Å². The standard InChI is InChI=1S/C25H27ClN4O2/c1-16-6-4-8-22(18(16)3)27-25(32)19-7-5-13-29(15-19)23-11-12-24(31)30(28-23)20-10-9-17(2)21(26)14-20/h4,6,8-12,14,19H,5,7,13,15H2,1-3H3,(H,27,32). The van der Waals surface area contributed by atoms with Crippen LogP contribution in [0, 0.1) is 26.7 Å². The van der Waals surface area contributed by atoms with Crippen molar-refractivity contribution >= 4 is 29.0 Å². The Hall–Kier alpha value is -3.12. The second kappa shape index (κ2) is 9.17. The molecule has 32 heavy (non-hydrogen) atoms. The number of hydrogen-bond donors (Lipinski definition) is 1. The molecule has 1 saturated heterocycles. The van der Waals surface area contributed by atoms with Crippen LogP contribution in [0.2, 0.25) is 5.02 Å². The molecule has 1 aromatic heterocycles. The smallest absolute Gasteiger partial charge is 0.271 e. The third-order valence-electron chi connectivity index (χ3n) is 6.16. The van der Waals surface area contributed by atoms with Crippen LogP contribution in [0.3, 0.4) is 0 Å². The minimum atomic E-state index is -0.227. The van der Waals surface area contributed by atoms with Crippen molar-refractivity contribution in [3.8, 4) is 5.69 Å². The molecule has 2 aromatic carbocycles. The highest BCUT2D eigenvalue weighted by atomic mass is 35.5. The van der Waals surface area contributed by atoms with Gasteiger partial charge in [0.15, 0.2) is 0 Å². The molecule has 166 valence electrons. The Bertz CT molecular complexity index is 1220. The van der Waals surface area contributed by atoms with Gasteiger partial charge in [0.2, 0.25) is 5.91 Å². The topological polar surface area (TPSA) is 67.2 Å². The van der Waals surface area contributed by atoms with Gasteiger partial charge in [-0.3, -0.25) is 9.59 Å². The minimum absolute atomic E-state index is 0.0158. The number of anilines is 2. The van der Waals surface area contributed by atoms with Crippen LogP contribution in [0.4, 0.5) is 11.5 Å². The van der Waals surface area contributed by atoms with Crippen molar-refractivity contribution in [1.82, 2.24) is 9.78 Å². The van der Waals surface area contributed by atoms with Gasteiger partial charge in [-0.25, -0.2) is 0 Å². The first-order valence-corrected chi connectivity index (χ1v) is 11.2. The number of nitrogens with one attached hydrogen (secondary N) is 1. The zero-order valence-corrected chi connectivity index (χ0v) is 19.3. The largest absolute Gasteiger partial charge is 0.354 e. The number of amides is 1. The van der Waals surface area contributed by atoms with Crippen LogP contribution in [0.15, 0.2) is 53.3 Å². The minimum Gasteiger partial charge on any atom is -0.354 e. The van der Waals surface area contributed by atoms with Crippen LogP contribution in [-0.4, -0.2) is 28.8 Å². The summed E-state index contributed by atoms with van der Waals surface area (Å²) >= 11 is 6.25. The van der Waals surface area contributed by atoms with Gasteiger partial charge < -0.3 is 10.2 Å². The molecule has 0 radical (unpaired) electrons. The van der Waals surface area contributed by atoms with Crippen LogP contribution < -0.4 is 15.8 Å². The Morgan fingerprint density at radius 3 is 2.69 bits per heavy atom. The number of carbonyl (C=O) groups excluding carboxylic acids is 1. The molecule has 1 fully saturated rings. The zero-order valence-electron chi connectivity index (χ0n) is 18.6. The quantitative estimate of drug-likeness (QED) is 0.627. The highest BCUT2D eigenvalue weighted by molar-refractivity contribution is 6.31. The highest BCUT2D eigenvalue weighted by Crippen LogP contribution is 2.25. The molecule has 4 rings (SSSR count). The van der Waals surface area contributed by atoms with Gasteiger partial charge in [-0.2, -0.15) is 4.68 Å². The molecular weight excluding hydrogens is 424 g/mol. The van der Waals surface area contributed by atoms with E-state index in [0.717, 1.165) is 41.8 Å². The van der Waals surface area contributed by atoms with Crippen molar-refractivity contribution < 1.29 is 4.79 Å². The van der Waals surface area contributed by atoms with E-state index in [0.29, 0.717) is 23.1 Å². The molecule has 1 unspecified atom stereocenters. The van der Waals surface area contributed by atoms with E-state index < -0.39 is 0 Å². The van der Waals surface area contributed by atoms with Gasteiger partial charge >= 0.3 is 0 Å². The van der Waals surface area contributed by atoms with Crippen LogP contribution in [-0.2, 0) is 4.79 Å². The maximum Gasteiger partial charge on any atom is 0.271 e. The van der Waals surface area contributed by atoms with Gasteiger partial charge in [0.25, 0.3) is 5.56 Å². The number of benzene rings is 2. The number of nitrogens with zero attached hydrogens (tertiary/aromatic N) is 3. The Kier molecular flexibility index (Phi) is 6.33. The Balaban J connectivity index is 1.54. The molecule has 7 heteroatoms. The second-order valence-electron chi connectivity index (χ2n) is 8.40. The molecule has 3 aromatic rings. The van der Waals surface area contributed by atoms with Crippen LogP contribution in [0.25, 0.3) is 5.69 Å². The maximum atomic E-state index is 13.0. The normalized spacial score (nSPS) is 16.1. The molecular formula is C25H27ClN4O2. The van der Waals surface area contributed by atoms with E-state index >= 15 is 0 Å². The molecule has 6 nitrogen and oxygen atoms in total. The maximum absolute atomic E-state index is 13.0. The van der Waals surface area contributed by atoms with Crippen molar-refractivity contribution in [3.05, 3.63) is 80.6 Å². The van der Waals surface area contributed by atoms with E-state index in [1.54, 1.807) is 12.1 Å². The van der Waals surface area contributed by atoms with Gasteiger partial charge in [-0.1, -0.05) is 29.8 Å². The predicted octanol–water partition coefficient (Wildman–Crippen LogP) is 4.67. The van der Waals surface area contributed by atoms with Crippen LogP contribution >= 0.6 is 11.6 Å². The molecule has 1 aliphatic heterocycles. The van der Waals surface area contributed by atoms with Gasteiger partial charge in [-0.05, 0) is 74.6 Å². The molecule has 1 N–H and O–H groups in total. The van der Waals surface area contributed by atoms with E-state index in [9.17, 15) is 9.59 Å². The summed E-state index contributed by atoms with van der Waals surface area (Å²) in [5.74, 6) is 0.534. The Morgan fingerprint density at radius 2 is 1.91 bits per heavy atom. The predicted molar refractivity (Wildman–Crippen MR) is 129 cm³/mol. The Morgan fingerprint density at radius 1 is 1.09 bits per heavy atom. The summed E-state index contributed by atoms with van der Waals surface area (Å²) in [5, 5.41) is 8.26. The van der Waals surface area contributed by atoms with Gasteiger partial charge in [-0.15, -0.1) is 5.10 Å². The van der Waals surface area contributed by atoms with Gasteiger partial charge in [0.1, 0.15) is 5.82 Å². The molecule has 2 heterocycles. The van der Waals surface area contributed by atoms with E-state index in [-0.39, 0.29) is 17.4 Å². The summed E-state index contributed by atoms with van der Waals surface area (Å²) in [4.78, 5) is 27.5. The molecule has 1 atom stereocenters. The first kappa shape index (κ1) is 22.1. The lowest BCUT2D eigenvalue weighted by molar-refractivity contribution is -0.120. The first-order valence-electron chi connectivity index (χ1n) is 10.8. The molecule has 0 saturated carbocycles. The zero-order chi connectivity index (χ0) is 22.8. The van der Waals surface area contributed by atoms with E-state index in [4.69, 9.17) is 11.6 Å². The lowest BCUT2D eigenvalue weighted by Crippen LogP contribution is -2.42. The molecule has 1 amide bonds. The van der Waals surface area contributed by atoms with E-state index in [1.807, 2.05) is 51.1 Å². The molecule has 1 aliphatic rings. The highest BCUT2D eigenvalue weighted by Gasteiger charge is 2.27. The third kappa shape index (κ3) is 4.55. The van der Waals surface area contributed by atoms with Crippen molar-refractivity contribution in [1.29, 1.82) is 0 Å². The molecule has 0 bridgehead atoms. The van der Waals surface area contributed by atoms with Crippen LogP contribution in [0.1, 0.15) is 29.5 Å². The lowest BCUT2D eigenvalue weighted by Gasteiger charge is -2.33. The van der Waals surface area contributed by atoms with Gasteiger partial charge in [0.05, 0.1) is 11.6 Å². The summed E-state index contributed by atoms with van der Waals surface area (Å²) in [6.45, 7) is 7.30. The fourth-order valence-electron chi connectivity index (χ4n) is 3.99. The number of piperidine rings is 1. The molecule has 0 spiro atoms. The van der Waals surface area contributed by atoms with Gasteiger partial charge in [0, 0.05) is 29.9 Å². The van der Waals surface area contributed by atoms with Crippen molar-refractivity contribution in [2.75, 3.05) is 23.3 Å².